The van der Waals surface area contributed by atoms with Crippen LogP contribution < -0.4 is 5.32 Å². The first-order valence-corrected chi connectivity index (χ1v) is 9.57. The second kappa shape index (κ2) is 13.2. The number of piperazine rings is 1. The van der Waals surface area contributed by atoms with Gasteiger partial charge in [0.25, 0.3) is 0 Å². The van der Waals surface area contributed by atoms with E-state index in [0.29, 0.717) is 24.7 Å². The molecule has 0 atom stereocenters. The first kappa shape index (κ1) is 24.0. The van der Waals surface area contributed by atoms with Crippen LogP contribution in [-0.4, -0.2) is 68.1 Å². The highest BCUT2D eigenvalue weighted by atomic mass is 127. The third-order valence-electron chi connectivity index (χ3n) is 4.32. The largest absolute Gasteiger partial charge is 0.382 e. The topological polar surface area (TPSA) is 57.2 Å². The molecular weight excluding hydrogens is 479 g/mol. The summed E-state index contributed by atoms with van der Waals surface area (Å²) in [5.41, 5.74) is 1.09. The molecule has 152 valence electrons. The van der Waals surface area contributed by atoms with Gasteiger partial charge in [-0.25, -0.2) is 0 Å². The summed E-state index contributed by atoms with van der Waals surface area (Å²) in [4.78, 5) is 20.7. The number of rotatable bonds is 8. The highest BCUT2D eigenvalue weighted by Crippen LogP contribution is 2.13. The number of carbonyl (C=O) groups excluding carboxylic acids is 1. The van der Waals surface area contributed by atoms with Crippen molar-refractivity contribution < 1.29 is 9.53 Å². The lowest BCUT2D eigenvalue weighted by atomic mass is 10.2. The highest BCUT2D eigenvalue weighted by Gasteiger charge is 2.25. The summed E-state index contributed by atoms with van der Waals surface area (Å²) in [6, 6.07) is 7.64. The fourth-order valence-electron chi connectivity index (χ4n) is 2.87. The van der Waals surface area contributed by atoms with E-state index in [4.69, 9.17) is 16.3 Å². The van der Waals surface area contributed by atoms with Gasteiger partial charge < -0.3 is 19.9 Å². The number of nitrogens with zero attached hydrogens (tertiary/aromatic N) is 3. The quantitative estimate of drug-likeness (QED) is 0.254. The van der Waals surface area contributed by atoms with E-state index < -0.39 is 0 Å². The van der Waals surface area contributed by atoms with Crippen molar-refractivity contribution in [1.82, 2.24) is 15.1 Å². The van der Waals surface area contributed by atoms with Crippen molar-refractivity contribution in [3.8, 4) is 0 Å². The highest BCUT2D eigenvalue weighted by molar-refractivity contribution is 14.0. The van der Waals surface area contributed by atoms with E-state index in [-0.39, 0.29) is 29.9 Å². The molecule has 1 aromatic rings. The Labute approximate surface area is 184 Å². The van der Waals surface area contributed by atoms with Gasteiger partial charge in [-0.05, 0) is 37.5 Å². The van der Waals surface area contributed by atoms with Gasteiger partial charge >= 0.3 is 0 Å². The number of hydrogen-bond acceptors (Lipinski definition) is 3. The Morgan fingerprint density at radius 2 is 2.00 bits per heavy atom. The number of nitrogens with one attached hydrogen (secondary N) is 1. The normalized spacial score (nSPS) is 14.9. The van der Waals surface area contributed by atoms with E-state index in [2.05, 4.69) is 10.3 Å². The molecule has 0 aromatic heterocycles. The third kappa shape index (κ3) is 8.23. The molecule has 0 unspecified atom stereocenters. The maximum atomic E-state index is 12.5. The second-order valence-electron chi connectivity index (χ2n) is 6.24. The molecule has 1 aliphatic rings. The summed E-state index contributed by atoms with van der Waals surface area (Å²) in [6.45, 7) is 6.82. The van der Waals surface area contributed by atoms with Gasteiger partial charge in [0.15, 0.2) is 5.96 Å². The van der Waals surface area contributed by atoms with Crippen LogP contribution in [0.15, 0.2) is 29.3 Å². The SMILES string of the molecule is CCOCCCCNC(=NC)N1CCN(Cc2ccc(Cl)cc2)C(=O)C1.I. The van der Waals surface area contributed by atoms with Crippen molar-refractivity contribution in [2.75, 3.05) is 46.4 Å². The predicted octanol–water partition coefficient (Wildman–Crippen LogP) is 2.99. The van der Waals surface area contributed by atoms with Gasteiger partial charge in [-0.3, -0.25) is 9.79 Å². The van der Waals surface area contributed by atoms with Crippen molar-refractivity contribution in [1.29, 1.82) is 0 Å². The molecule has 1 aromatic carbocycles. The molecule has 0 spiro atoms. The fourth-order valence-corrected chi connectivity index (χ4v) is 3.00. The minimum atomic E-state index is 0. The standard InChI is InChI=1S/C19H29ClN4O2.HI/c1-3-26-13-5-4-10-22-19(21-2)24-12-11-23(18(25)15-24)14-16-6-8-17(20)9-7-16;/h6-9H,3-5,10-15H2,1-2H3,(H,21,22);1H. The van der Waals surface area contributed by atoms with Crippen LogP contribution in [0.3, 0.4) is 0 Å². The molecule has 1 N–H and O–H groups in total. The van der Waals surface area contributed by atoms with Gasteiger partial charge in [0.1, 0.15) is 0 Å². The number of guanidine groups is 1. The van der Waals surface area contributed by atoms with Gasteiger partial charge in [0, 0.05) is 51.5 Å². The Morgan fingerprint density at radius 3 is 2.63 bits per heavy atom. The van der Waals surface area contributed by atoms with Gasteiger partial charge in [0.2, 0.25) is 5.91 Å². The Hall–Kier alpha value is -1.06. The molecule has 1 saturated heterocycles. The van der Waals surface area contributed by atoms with Crippen LogP contribution in [0.4, 0.5) is 0 Å². The van der Waals surface area contributed by atoms with Crippen molar-refractivity contribution in [2.24, 2.45) is 4.99 Å². The molecule has 6 nitrogen and oxygen atoms in total. The Morgan fingerprint density at radius 1 is 1.26 bits per heavy atom. The first-order chi connectivity index (χ1) is 12.6. The fraction of sp³-hybridized carbons (Fsp3) is 0.579. The zero-order chi connectivity index (χ0) is 18.8. The number of carbonyl (C=O) groups is 1. The molecule has 1 aliphatic heterocycles. The number of halogens is 2. The van der Waals surface area contributed by atoms with Crippen LogP contribution in [-0.2, 0) is 16.1 Å². The Balaban J connectivity index is 0.00000364. The molecule has 0 radical (unpaired) electrons. The monoisotopic (exact) mass is 508 g/mol. The maximum absolute atomic E-state index is 12.5. The van der Waals surface area contributed by atoms with E-state index in [1.165, 1.54) is 0 Å². The molecule has 1 heterocycles. The number of aliphatic imine (C=N–C) groups is 1. The minimum Gasteiger partial charge on any atom is -0.382 e. The van der Waals surface area contributed by atoms with Crippen LogP contribution >= 0.6 is 35.6 Å². The lowest BCUT2D eigenvalue weighted by molar-refractivity contribution is -0.135. The summed E-state index contributed by atoms with van der Waals surface area (Å²) in [5.74, 6) is 0.909. The third-order valence-corrected chi connectivity index (χ3v) is 4.57. The van der Waals surface area contributed by atoms with E-state index in [1.54, 1.807) is 7.05 Å². The van der Waals surface area contributed by atoms with Gasteiger partial charge in [-0.15, -0.1) is 24.0 Å². The second-order valence-corrected chi connectivity index (χ2v) is 6.68. The smallest absolute Gasteiger partial charge is 0.242 e. The summed E-state index contributed by atoms with van der Waals surface area (Å²) in [5, 5.41) is 4.05. The van der Waals surface area contributed by atoms with Crippen LogP contribution in [0.1, 0.15) is 25.3 Å². The van der Waals surface area contributed by atoms with E-state index in [9.17, 15) is 4.79 Å². The molecule has 0 bridgehead atoms. The summed E-state index contributed by atoms with van der Waals surface area (Å²) in [6.07, 6.45) is 2.04. The van der Waals surface area contributed by atoms with E-state index >= 15 is 0 Å². The average molecular weight is 509 g/mol. The van der Waals surface area contributed by atoms with Crippen LogP contribution in [0, 0.1) is 0 Å². The van der Waals surface area contributed by atoms with Crippen LogP contribution in [0.2, 0.25) is 5.02 Å². The Bertz CT molecular complexity index is 598. The molecule has 1 fully saturated rings. The van der Waals surface area contributed by atoms with Crippen LogP contribution in [0.25, 0.3) is 0 Å². The number of hydrogen-bond donors (Lipinski definition) is 1. The lowest BCUT2D eigenvalue weighted by Gasteiger charge is -2.36. The molecular formula is C19H30ClIN4O2. The molecule has 2 rings (SSSR count). The lowest BCUT2D eigenvalue weighted by Crippen LogP contribution is -2.55. The molecule has 8 heteroatoms. The molecule has 1 amide bonds. The van der Waals surface area contributed by atoms with E-state index in [1.807, 2.05) is 41.0 Å². The zero-order valence-electron chi connectivity index (χ0n) is 16.1. The van der Waals surface area contributed by atoms with Crippen molar-refractivity contribution in [3.63, 3.8) is 0 Å². The van der Waals surface area contributed by atoms with Gasteiger partial charge in [0.05, 0.1) is 6.54 Å². The summed E-state index contributed by atoms with van der Waals surface area (Å²) in [7, 11) is 1.76. The van der Waals surface area contributed by atoms with Crippen molar-refractivity contribution in [3.05, 3.63) is 34.9 Å². The number of benzene rings is 1. The maximum Gasteiger partial charge on any atom is 0.242 e. The van der Waals surface area contributed by atoms with Crippen LogP contribution in [0.5, 0.6) is 0 Å². The molecule has 0 aliphatic carbocycles. The molecule has 0 saturated carbocycles. The minimum absolute atomic E-state index is 0. The van der Waals surface area contributed by atoms with Gasteiger partial charge in [-0.2, -0.15) is 0 Å². The number of unbranched alkanes of at least 4 members (excludes halogenated alkanes) is 1. The van der Waals surface area contributed by atoms with Crippen molar-refractivity contribution >= 4 is 47.4 Å². The Kier molecular flexibility index (Phi) is 11.7. The molecule has 27 heavy (non-hydrogen) atoms. The van der Waals surface area contributed by atoms with E-state index in [0.717, 1.165) is 50.7 Å². The number of ether oxygens (including phenoxy) is 1. The zero-order valence-corrected chi connectivity index (χ0v) is 19.2. The summed E-state index contributed by atoms with van der Waals surface area (Å²) >= 11 is 5.92. The average Bonchev–Trinajstić information content (AvgIpc) is 2.65. The van der Waals surface area contributed by atoms with Gasteiger partial charge in [-0.1, -0.05) is 23.7 Å². The summed E-state index contributed by atoms with van der Waals surface area (Å²) < 4.78 is 5.34. The first-order valence-electron chi connectivity index (χ1n) is 9.19. The van der Waals surface area contributed by atoms with Crippen molar-refractivity contribution in [2.45, 2.75) is 26.3 Å². The predicted molar refractivity (Wildman–Crippen MR) is 121 cm³/mol. The number of amides is 1.